The molecule has 4 N–H and O–H groups in total. The van der Waals surface area contributed by atoms with Gasteiger partial charge in [-0.25, -0.2) is 19.2 Å². The number of benzene rings is 1. The van der Waals surface area contributed by atoms with E-state index in [4.69, 9.17) is 22.3 Å². The lowest BCUT2D eigenvalue weighted by Gasteiger charge is -2.33. The summed E-state index contributed by atoms with van der Waals surface area (Å²) in [5.41, 5.74) is 7.57. The number of aliphatic imine (C=N–C) groups is 2. The first-order chi connectivity index (χ1) is 19.2. The van der Waals surface area contributed by atoms with Crippen molar-refractivity contribution in [3.05, 3.63) is 74.2 Å². The minimum absolute atomic E-state index is 0.00191. The van der Waals surface area contributed by atoms with Crippen molar-refractivity contribution in [1.82, 2.24) is 20.5 Å². The fourth-order valence-corrected chi connectivity index (χ4v) is 5.26. The number of nitrogens with one attached hydrogen (secondary N) is 2. The molecule has 0 aliphatic carbocycles. The van der Waals surface area contributed by atoms with E-state index in [0.29, 0.717) is 34.1 Å². The van der Waals surface area contributed by atoms with Crippen LogP contribution in [0.15, 0.2) is 62.8 Å². The van der Waals surface area contributed by atoms with Gasteiger partial charge >= 0.3 is 12.6 Å². The zero-order chi connectivity index (χ0) is 28.8. The number of likely N-dealkylation sites (tertiary alicyclic amines) is 1. The third-order valence-corrected chi connectivity index (χ3v) is 7.34. The zero-order valence-corrected chi connectivity index (χ0v) is 22.7. The van der Waals surface area contributed by atoms with Gasteiger partial charge in [-0.3, -0.25) is 9.79 Å². The van der Waals surface area contributed by atoms with Crippen LogP contribution in [0.25, 0.3) is 0 Å². The summed E-state index contributed by atoms with van der Waals surface area (Å²) >= 11 is 7.74. The smallest absolute Gasteiger partial charge is 0.406 e. The Balaban J connectivity index is 1.82. The Morgan fingerprint density at radius 1 is 1.45 bits per heavy atom. The second kappa shape index (κ2) is 13.0. The highest BCUT2D eigenvalue weighted by atomic mass is 35.5. The first-order valence-electron chi connectivity index (χ1n) is 12.0. The summed E-state index contributed by atoms with van der Waals surface area (Å²) in [5.74, 6) is -0.375. The zero-order valence-electron chi connectivity index (χ0n) is 21.1. The first kappa shape index (κ1) is 29.1. The molecular formula is C25H25ClF3N7O3S. The Morgan fingerprint density at radius 2 is 2.25 bits per heavy atom. The second-order valence-electron chi connectivity index (χ2n) is 8.68. The van der Waals surface area contributed by atoms with Gasteiger partial charge in [0.2, 0.25) is 5.91 Å². The van der Waals surface area contributed by atoms with Crippen molar-refractivity contribution in [3.8, 4) is 0 Å². The number of methoxy groups -OCH3 is 1. The highest BCUT2D eigenvalue weighted by molar-refractivity contribution is 7.11. The number of nitrogens with two attached hydrogens (primary N) is 1. The van der Waals surface area contributed by atoms with Gasteiger partial charge in [-0.15, -0.1) is 11.3 Å². The van der Waals surface area contributed by atoms with E-state index < -0.39 is 24.5 Å². The van der Waals surface area contributed by atoms with Crippen molar-refractivity contribution < 1.29 is 27.5 Å². The molecule has 15 heteroatoms. The molecule has 2 aliphatic heterocycles. The predicted octanol–water partition coefficient (Wildman–Crippen LogP) is 3.76. The number of aromatic nitrogens is 1. The van der Waals surface area contributed by atoms with Gasteiger partial charge in [-0.1, -0.05) is 17.7 Å². The van der Waals surface area contributed by atoms with E-state index in [0.717, 1.165) is 12.3 Å². The molecule has 40 heavy (non-hydrogen) atoms. The third kappa shape index (κ3) is 6.80. The average Bonchev–Trinajstić information content (AvgIpc) is 3.57. The van der Waals surface area contributed by atoms with Gasteiger partial charge in [0.05, 0.1) is 19.7 Å². The van der Waals surface area contributed by atoms with Crippen LogP contribution in [0.5, 0.6) is 0 Å². The molecule has 0 radical (unpaired) electrons. The molecule has 1 aromatic carbocycles. The molecule has 212 valence electrons. The van der Waals surface area contributed by atoms with E-state index in [9.17, 15) is 22.8 Å². The first-order valence-corrected chi connectivity index (χ1v) is 13.2. The van der Waals surface area contributed by atoms with Crippen molar-refractivity contribution >= 4 is 47.0 Å². The molecule has 1 aromatic heterocycles. The number of nitrogens with zero attached hydrogens (tertiary/aromatic N) is 4. The van der Waals surface area contributed by atoms with Crippen LogP contribution in [-0.4, -0.2) is 66.7 Å². The van der Waals surface area contributed by atoms with Crippen LogP contribution in [-0.2, 0) is 9.53 Å². The number of amidine groups is 1. The lowest BCUT2D eigenvalue weighted by atomic mass is 9.92. The summed E-state index contributed by atoms with van der Waals surface area (Å²) in [6.45, 7) is -2.79. The molecule has 2 atom stereocenters. The molecule has 4 rings (SSSR count). The summed E-state index contributed by atoms with van der Waals surface area (Å²) < 4.78 is 44.0. The number of hydrogen-bond donors (Lipinski definition) is 3. The predicted molar refractivity (Wildman–Crippen MR) is 145 cm³/mol. The molecule has 2 aliphatic rings. The van der Waals surface area contributed by atoms with Crippen molar-refractivity contribution in [2.45, 2.75) is 31.5 Å². The number of thiazole rings is 1. The van der Waals surface area contributed by atoms with Crippen molar-refractivity contribution in [3.63, 3.8) is 0 Å². The Hall–Kier alpha value is -3.91. The van der Waals surface area contributed by atoms with Crippen LogP contribution < -0.4 is 16.4 Å². The molecule has 10 nitrogen and oxygen atoms in total. The fourth-order valence-electron chi connectivity index (χ4n) is 4.40. The van der Waals surface area contributed by atoms with Crippen LogP contribution in [0.1, 0.15) is 29.5 Å². The number of carbonyl (C=O) groups is 2. The SMILES string of the molecule is COC(=O)NC[C@@H]1CCC(=O)N1CC1=C(C(N)=CC=NC(F)F)[C@H](c2ccc(F)cc2Cl)N=C(c2nccs2)N1. The van der Waals surface area contributed by atoms with Crippen LogP contribution in [0.3, 0.4) is 0 Å². The fraction of sp³-hybridized carbons (Fsp3) is 0.320. The second-order valence-corrected chi connectivity index (χ2v) is 9.99. The van der Waals surface area contributed by atoms with Gasteiger partial charge < -0.3 is 26.0 Å². The van der Waals surface area contributed by atoms with Gasteiger partial charge in [-0.2, -0.15) is 8.78 Å². The summed E-state index contributed by atoms with van der Waals surface area (Å²) in [7, 11) is 1.24. The number of carbonyl (C=O) groups excluding carboxylic acids is 2. The summed E-state index contributed by atoms with van der Waals surface area (Å²) in [6, 6.07) is 2.53. The minimum atomic E-state index is -2.94. The molecule has 2 aromatic rings. The Kier molecular flexibility index (Phi) is 9.42. The summed E-state index contributed by atoms with van der Waals surface area (Å²) in [6.07, 6.45) is 3.76. The molecule has 0 spiro atoms. The molecule has 0 unspecified atom stereocenters. The summed E-state index contributed by atoms with van der Waals surface area (Å²) in [5, 5.41) is 8.16. The third-order valence-electron chi connectivity index (χ3n) is 6.23. The van der Waals surface area contributed by atoms with E-state index in [1.807, 2.05) is 0 Å². The monoisotopic (exact) mass is 595 g/mol. The molecule has 1 saturated heterocycles. The molecular weight excluding hydrogens is 571 g/mol. The van der Waals surface area contributed by atoms with E-state index in [-0.39, 0.29) is 42.2 Å². The topological polar surface area (TPSA) is 134 Å². The molecule has 3 heterocycles. The maximum atomic E-state index is 13.9. The van der Waals surface area contributed by atoms with Crippen LogP contribution in [0.4, 0.5) is 18.0 Å². The summed E-state index contributed by atoms with van der Waals surface area (Å²) in [4.78, 5) is 38.3. The van der Waals surface area contributed by atoms with Gasteiger partial charge in [0.25, 0.3) is 0 Å². The van der Waals surface area contributed by atoms with Crippen molar-refractivity contribution in [2.75, 3.05) is 20.2 Å². The van der Waals surface area contributed by atoms with E-state index in [1.165, 1.54) is 36.7 Å². The number of amides is 2. The van der Waals surface area contributed by atoms with Crippen molar-refractivity contribution in [2.24, 2.45) is 15.7 Å². The largest absolute Gasteiger partial charge is 0.453 e. The van der Waals surface area contributed by atoms with Crippen LogP contribution >= 0.6 is 22.9 Å². The lowest BCUT2D eigenvalue weighted by Crippen LogP contribution is -2.45. The lowest BCUT2D eigenvalue weighted by molar-refractivity contribution is -0.128. The number of halogens is 4. The quantitative estimate of drug-likeness (QED) is 0.298. The van der Waals surface area contributed by atoms with Gasteiger partial charge in [-0.05, 0) is 24.6 Å². The van der Waals surface area contributed by atoms with Gasteiger partial charge in [0, 0.05) is 58.3 Å². The molecule has 0 bridgehead atoms. The Morgan fingerprint density at radius 3 is 2.92 bits per heavy atom. The average molecular weight is 596 g/mol. The number of allylic oxidation sites excluding steroid dienone is 1. The number of alkyl carbamates (subject to hydrolysis) is 1. The number of alkyl halides is 2. The van der Waals surface area contributed by atoms with E-state index in [2.05, 4.69) is 25.3 Å². The van der Waals surface area contributed by atoms with Crippen LogP contribution in [0.2, 0.25) is 5.02 Å². The Bertz CT molecular complexity index is 1380. The van der Waals surface area contributed by atoms with Crippen LogP contribution in [0, 0.1) is 5.82 Å². The molecule has 0 saturated carbocycles. The maximum Gasteiger partial charge on any atom is 0.406 e. The number of hydrogen-bond acceptors (Lipinski definition) is 9. The minimum Gasteiger partial charge on any atom is -0.453 e. The van der Waals surface area contributed by atoms with Crippen molar-refractivity contribution in [1.29, 1.82) is 0 Å². The van der Waals surface area contributed by atoms with E-state index in [1.54, 1.807) is 16.5 Å². The van der Waals surface area contributed by atoms with E-state index >= 15 is 0 Å². The number of rotatable bonds is 9. The number of ether oxygens (including phenoxy) is 1. The molecule has 2 amide bonds. The highest BCUT2D eigenvalue weighted by Crippen LogP contribution is 2.38. The standard InChI is InChI=1S/C25H25ClF3N7O3S/c1-39-25(38)33-11-14-3-5-19(37)36(14)12-18-20(17(30)6-7-32-24(28)29)21(15-4-2-13(27)10-16(15)26)35-22(34-18)23-31-8-9-40-23/h2,4,6-10,14,21,24H,3,5,11-12,30H2,1H3,(H,33,38)(H,34,35)/t14-,21-/m0/s1. The van der Waals surface area contributed by atoms with Gasteiger partial charge in [0.1, 0.15) is 11.9 Å². The normalized spacial score (nSPS) is 19.9. The maximum absolute atomic E-state index is 13.9. The van der Waals surface area contributed by atoms with Gasteiger partial charge in [0.15, 0.2) is 10.8 Å². The highest BCUT2D eigenvalue weighted by Gasteiger charge is 2.36. The molecule has 1 fully saturated rings. The Labute approximate surface area is 236 Å².